The lowest BCUT2D eigenvalue weighted by atomic mass is 10.0. The van der Waals surface area contributed by atoms with Gasteiger partial charge in [0.2, 0.25) is 5.91 Å². The number of ether oxygens (including phenoxy) is 1. The minimum Gasteiger partial charge on any atom is -0.497 e. The van der Waals surface area contributed by atoms with Crippen molar-refractivity contribution in [1.29, 1.82) is 0 Å². The highest BCUT2D eigenvalue weighted by molar-refractivity contribution is 8.00. The Labute approximate surface area is 203 Å². The Morgan fingerprint density at radius 1 is 1.06 bits per heavy atom. The number of hydrogen-bond donors (Lipinski definition) is 2. The van der Waals surface area contributed by atoms with E-state index >= 15 is 0 Å². The second-order valence-electron chi connectivity index (χ2n) is 8.58. The number of carbonyl (C=O) groups excluding carboxylic acids is 2. The molecule has 1 unspecified atom stereocenters. The number of aromatic nitrogens is 3. The fourth-order valence-corrected chi connectivity index (χ4v) is 4.40. The number of rotatable bonds is 8. The van der Waals surface area contributed by atoms with Crippen LogP contribution >= 0.6 is 11.8 Å². The van der Waals surface area contributed by atoms with Crippen LogP contribution in [-0.2, 0) is 4.79 Å². The summed E-state index contributed by atoms with van der Waals surface area (Å²) in [6.07, 6.45) is 1.91. The Balaban J connectivity index is 1.67. The molecule has 34 heavy (non-hydrogen) atoms. The molecule has 0 bridgehead atoms. The Morgan fingerprint density at radius 2 is 1.76 bits per heavy atom. The standard InChI is InChI=1S/C25H29N5O3S/c1-15(2)20-7-5-6-8-21(20)30-22(17-9-13-19(33-4)14-10-17)28-29-25(30)34-16(3)23(31)27-24(32)26-18-11-12-18/h5-10,13-16,18H,11-12H2,1-4H3,(H2,26,27,31,32). The van der Waals surface area contributed by atoms with Gasteiger partial charge in [0.05, 0.1) is 18.0 Å². The van der Waals surface area contributed by atoms with E-state index in [1.165, 1.54) is 11.8 Å². The van der Waals surface area contributed by atoms with E-state index < -0.39 is 11.3 Å². The third-order valence-corrected chi connectivity index (χ3v) is 6.62. The van der Waals surface area contributed by atoms with Crippen LogP contribution in [0.15, 0.2) is 53.7 Å². The minimum absolute atomic E-state index is 0.179. The molecule has 2 N–H and O–H groups in total. The minimum atomic E-state index is -0.553. The topological polar surface area (TPSA) is 98.1 Å². The van der Waals surface area contributed by atoms with Gasteiger partial charge in [-0.1, -0.05) is 43.8 Å². The largest absolute Gasteiger partial charge is 0.497 e. The average Bonchev–Trinajstić information content (AvgIpc) is 3.55. The zero-order valence-corrected chi connectivity index (χ0v) is 20.6. The molecule has 1 aliphatic rings. The third-order valence-electron chi connectivity index (χ3n) is 5.58. The van der Waals surface area contributed by atoms with Crippen LogP contribution in [0.5, 0.6) is 5.75 Å². The molecular weight excluding hydrogens is 450 g/mol. The SMILES string of the molecule is COc1ccc(-c2nnc(SC(C)C(=O)NC(=O)NC3CC3)n2-c2ccccc2C(C)C)cc1. The number of nitrogens with zero attached hydrogens (tertiary/aromatic N) is 3. The second-order valence-corrected chi connectivity index (χ2v) is 9.89. The molecule has 1 heterocycles. The lowest BCUT2D eigenvalue weighted by molar-refractivity contribution is -0.119. The maximum Gasteiger partial charge on any atom is 0.321 e. The third kappa shape index (κ3) is 5.41. The zero-order valence-electron chi connectivity index (χ0n) is 19.7. The Morgan fingerprint density at radius 3 is 2.41 bits per heavy atom. The highest BCUT2D eigenvalue weighted by Gasteiger charge is 2.27. The van der Waals surface area contributed by atoms with Crippen LogP contribution in [0.2, 0.25) is 0 Å². The molecule has 3 amide bonds. The van der Waals surface area contributed by atoms with E-state index in [2.05, 4.69) is 40.7 Å². The van der Waals surface area contributed by atoms with Crippen molar-refractivity contribution in [3.05, 3.63) is 54.1 Å². The maximum atomic E-state index is 12.7. The molecule has 4 rings (SSSR count). The van der Waals surface area contributed by atoms with Gasteiger partial charge in [-0.2, -0.15) is 0 Å². The number of urea groups is 1. The molecule has 1 aliphatic carbocycles. The summed E-state index contributed by atoms with van der Waals surface area (Å²) in [7, 11) is 1.63. The van der Waals surface area contributed by atoms with Crippen LogP contribution in [0.4, 0.5) is 4.79 Å². The first-order chi connectivity index (χ1) is 16.4. The van der Waals surface area contributed by atoms with Gasteiger partial charge in [0, 0.05) is 11.6 Å². The van der Waals surface area contributed by atoms with Gasteiger partial charge in [-0.05, 0) is 61.6 Å². The first kappa shape index (κ1) is 23.8. The van der Waals surface area contributed by atoms with E-state index in [1.54, 1.807) is 14.0 Å². The molecule has 0 radical (unpaired) electrons. The molecule has 1 saturated carbocycles. The number of thioether (sulfide) groups is 1. The van der Waals surface area contributed by atoms with Gasteiger partial charge < -0.3 is 10.1 Å². The molecule has 178 valence electrons. The van der Waals surface area contributed by atoms with Crippen LogP contribution in [0.25, 0.3) is 17.1 Å². The van der Waals surface area contributed by atoms with Crippen LogP contribution in [0, 0.1) is 0 Å². The van der Waals surface area contributed by atoms with Crippen molar-refractivity contribution in [2.24, 2.45) is 0 Å². The number of carbonyl (C=O) groups is 2. The summed E-state index contributed by atoms with van der Waals surface area (Å²) in [6, 6.07) is 15.5. The van der Waals surface area contributed by atoms with E-state index in [4.69, 9.17) is 4.74 Å². The van der Waals surface area contributed by atoms with E-state index in [1.807, 2.05) is 47.0 Å². The first-order valence-electron chi connectivity index (χ1n) is 11.3. The summed E-state index contributed by atoms with van der Waals surface area (Å²) < 4.78 is 7.27. The highest BCUT2D eigenvalue weighted by Crippen LogP contribution is 2.34. The van der Waals surface area contributed by atoms with Crippen molar-refractivity contribution < 1.29 is 14.3 Å². The molecule has 0 aliphatic heterocycles. The Kier molecular flexibility index (Phi) is 7.21. The quantitative estimate of drug-likeness (QED) is 0.461. The van der Waals surface area contributed by atoms with E-state index in [-0.39, 0.29) is 17.9 Å². The van der Waals surface area contributed by atoms with Gasteiger partial charge in [-0.25, -0.2) is 4.79 Å². The van der Waals surface area contributed by atoms with Crippen LogP contribution in [0.3, 0.4) is 0 Å². The number of benzene rings is 2. The fourth-order valence-electron chi connectivity index (χ4n) is 3.54. The number of nitrogens with one attached hydrogen (secondary N) is 2. The molecule has 0 saturated heterocycles. The van der Waals surface area contributed by atoms with Crippen molar-refractivity contribution >= 4 is 23.7 Å². The van der Waals surface area contributed by atoms with Crippen molar-refractivity contribution in [2.45, 2.75) is 56.0 Å². The number of methoxy groups -OCH3 is 1. The second kappa shape index (κ2) is 10.3. The molecule has 2 aromatic carbocycles. The highest BCUT2D eigenvalue weighted by atomic mass is 32.2. The number of hydrogen-bond acceptors (Lipinski definition) is 6. The molecular formula is C25H29N5O3S. The summed E-state index contributed by atoms with van der Waals surface area (Å²) >= 11 is 1.27. The first-order valence-corrected chi connectivity index (χ1v) is 12.2. The van der Waals surface area contributed by atoms with Crippen LogP contribution < -0.4 is 15.4 Å². The average molecular weight is 480 g/mol. The molecule has 1 aromatic heterocycles. The molecule has 1 atom stereocenters. The predicted octanol–water partition coefficient (Wildman–Crippen LogP) is 4.54. The van der Waals surface area contributed by atoms with Crippen LogP contribution in [-0.4, -0.2) is 45.1 Å². The van der Waals surface area contributed by atoms with E-state index in [0.29, 0.717) is 11.0 Å². The summed E-state index contributed by atoms with van der Waals surface area (Å²) in [5.74, 6) is 1.31. The van der Waals surface area contributed by atoms with Crippen molar-refractivity contribution in [3.63, 3.8) is 0 Å². The molecule has 1 fully saturated rings. The van der Waals surface area contributed by atoms with Crippen molar-refractivity contribution in [2.75, 3.05) is 7.11 Å². The van der Waals surface area contributed by atoms with Crippen molar-refractivity contribution in [1.82, 2.24) is 25.4 Å². The normalized spacial score (nSPS) is 14.0. The van der Waals surface area contributed by atoms with Gasteiger partial charge in [-0.3, -0.25) is 14.7 Å². The van der Waals surface area contributed by atoms with Gasteiger partial charge in [-0.15, -0.1) is 10.2 Å². The van der Waals surface area contributed by atoms with E-state index in [9.17, 15) is 9.59 Å². The Bertz CT molecular complexity index is 1170. The smallest absolute Gasteiger partial charge is 0.321 e. The Hall–Kier alpha value is -3.33. The summed E-state index contributed by atoms with van der Waals surface area (Å²) in [4.78, 5) is 24.7. The summed E-state index contributed by atoms with van der Waals surface area (Å²) in [5, 5.41) is 14.1. The lowest BCUT2D eigenvalue weighted by Crippen LogP contribution is -2.43. The van der Waals surface area contributed by atoms with Crippen LogP contribution in [0.1, 0.15) is 45.1 Å². The summed E-state index contributed by atoms with van der Waals surface area (Å²) in [6.45, 7) is 6.03. The van der Waals surface area contributed by atoms with Crippen molar-refractivity contribution in [3.8, 4) is 22.8 Å². The fraction of sp³-hybridized carbons (Fsp3) is 0.360. The zero-order chi connectivity index (χ0) is 24.2. The van der Waals surface area contributed by atoms with Gasteiger partial charge in [0.1, 0.15) is 5.75 Å². The van der Waals surface area contributed by atoms with Gasteiger partial charge >= 0.3 is 6.03 Å². The number of para-hydroxylation sites is 1. The number of amides is 3. The predicted molar refractivity (Wildman–Crippen MR) is 132 cm³/mol. The maximum absolute atomic E-state index is 12.7. The molecule has 8 nitrogen and oxygen atoms in total. The van der Waals surface area contributed by atoms with Gasteiger partial charge in [0.15, 0.2) is 11.0 Å². The summed E-state index contributed by atoms with van der Waals surface area (Å²) in [5.41, 5.74) is 2.97. The van der Waals surface area contributed by atoms with E-state index in [0.717, 1.165) is 35.4 Å². The monoisotopic (exact) mass is 479 g/mol. The molecule has 3 aromatic rings. The lowest BCUT2D eigenvalue weighted by Gasteiger charge is -2.18. The van der Waals surface area contributed by atoms with Gasteiger partial charge in [0.25, 0.3) is 0 Å². The number of imide groups is 1. The molecule has 9 heteroatoms. The molecule has 0 spiro atoms.